The average Bonchev–Trinajstić information content (AvgIpc) is 2.85. The van der Waals surface area contributed by atoms with Gasteiger partial charge in [-0.1, -0.05) is 54.6 Å². The normalized spacial score (nSPS) is 10.2. The van der Waals surface area contributed by atoms with Crippen molar-refractivity contribution in [1.29, 1.82) is 0 Å². The number of carbonyl (C=O) groups excluding carboxylic acids is 3. The minimum Gasteiger partial charge on any atom is -0.322 e. The van der Waals surface area contributed by atoms with Crippen LogP contribution < -0.4 is 16.0 Å². The highest BCUT2D eigenvalue weighted by Gasteiger charge is 2.20. The zero-order valence-electron chi connectivity index (χ0n) is 17.6. The Hall–Kier alpha value is -4.71. The third kappa shape index (κ3) is 5.51. The molecule has 3 amide bonds. The lowest BCUT2D eigenvalue weighted by Crippen LogP contribution is -2.22. The first-order valence-electron chi connectivity index (χ1n) is 10.3. The fraction of sp³-hybridized carbons (Fsp3) is 0. The highest BCUT2D eigenvalue weighted by atomic mass is 16.2. The van der Waals surface area contributed by atoms with Gasteiger partial charge in [-0.2, -0.15) is 0 Å². The molecule has 4 aromatic rings. The Morgan fingerprint density at radius 2 is 0.818 bits per heavy atom. The summed E-state index contributed by atoms with van der Waals surface area (Å²) in [7, 11) is 0. The van der Waals surface area contributed by atoms with Crippen molar-refractivity contribution in [2.45, 2.75) is 0 Å². The summed E-state index contributed by atoms with van der Waals surface area (Å²) < 4.78 is 0. The Morgan fingerprint density at radius 3 is 1.27 bits per heavy atom. The monoisotopic (exact) mass is 435 g/mol. The largest absolute Gasteiger partial charge is 0.322 e. The topological polar surface area (TPSA) is 87.3 Å². The number of carbonyl (C=O) groups is 3. The molecule has 0 aliphatic heterocycles. The number of rotatable bonds is 6. The van der Waals surface area contributed by atoms with Gasteiger partial charge in [-0.05, 0) is 54.6 Å². The van der Waals surface area contributed by atoms with Gasteiger partial charge in [0, 0.05) is 22.6 Å². The molecule has 0 fully saturated rings. The van der Waals surface area contributed by atoms with Gasteiger partial charge in [-0.25, -0.2) is 0 Å². The Kier molecular flexibility index (Phi) is 6.56. The number of nitrogens with one attached hydrogen (secondary N) is 3. The molecule has 0 heterocycles. The van der Waals surface area contributed by atoms with E-state index in [-0.39, 0.29) is 22.6 Å². The maximum absolute atomic E-state index is 13.1. The Bertz CT molecular complexity index is 1270. The number of benzene rings is 4. The number of anilines is 3. The van der Waals surface area contributed by atoms with Crippen molar-refractivity contribution in [3.63, 3.8) is 0 Å². The third-order valence-electron chi connectivity index (χ3n) is 4.87. The molecule has 0 saturated heterocycles. The smallest absolute Gasteiger partial charge is 0.256 e. The summed E-state index contributed by atoms with van der Waals surface area (Å²) in [6.45, 7) is 0. The van der Waals surface area contributed by atoms with E-state index >= 15 is 0 Å². The minimum atomic E-state index is -0.492. The first-order chi connectivity index (χ1) is 16.1. The number of hydrogen-bond donors (Lipinski definition) is 3. The minimum absolute atomic E-state index is 0.0907. The molecule has 4 rings (SSSR count). The maximum Gasteiger partial charge on any atom is 0.256 e. The average molecular weight is 435 g/mol. The van der Waals surface area contributed by atoms with Gasteiger partial charge in [-0.15, -0.1) is 0 Å². The third-order valence-corrected chi connectivity index (χ3v) is 4.87. The van der Waals surface area contributed by atoms with E-state index in [1.54, 1.807) is 60.7 Å². The van der Waals surface area contributed by atoms with Crippen LogP contribution in [0.3, 0.4) is 0 Å². The van der Waals surface area contributed by atoms with E-state index in [0.29, 0.717) is 17.1 Å². The predicted molar refractivity (Wildman–Crippen MR) is 130 cm³/mol. The molecule has 0 bridgehead atoms. The highest BCUT2D eigenvalue weighted by Crippen LogP contribution is 2.19. The van der Waals surface area contributed by atoms with Crippen molar-refractivity contribution in [2.24, 2.45) is 0 Å². The number of amides is 3. The zero-order valence-corrected chi connectivity index (χ0v) is 17.6. The summed E-state index contributed by atoms with van der Waals surface area (Å²) in [5, 5.41) is 8.36. The molecule has 0 aliphatic carbocycles. The van der Waals surface area contributed by atoms with E-state index in [1.165, 1.54) is 18.2 Å². The van der Waals surface area contributed by atoms with Crippen LogP contribution in [-0.4, -0.2) is 17.7 Å². The van der Waals surface area contributed by atoms with Crippen molar-refractivity contribution in [3.8, 4) is 0 Å². The Morgan fingerprint density at radius 1 is 0.424 bits per heavy atom. The van der Waals surface area contributed by atoms with E-state index in [0.717, 1.165) is 0 Å². The fourth-order valence-electron chi connectivity index (χ4n) is 3.24. The summed E-state index contributed by atoms with van der Waals surface area (Å²) in [6, 6.07) is 31.3. The highest BCUT2D eigenvalue weighted by molar-refractivity contribution is 6.17. The lowest BCUT2D eigenvalue weighted by molar-refractivity contribution is 0.0989. The molecule has 0 aromatic heterocycles. The maximum atomic E-state index is 13.1. The van der Waals surface area contributed by atoms with Crippen molar-refractivity contribution in [2.75, 3.05) is 16.0 Å². The molecule has 0 aliphatic rings. The van der Waals surface area contributed by atoms with Crippen LogP contribution in [0.5, 0.6) is 0 Å². The number of hydrogen-bond acceptors (Lipinski definition) is 3. The van der Waals surface area contributed by atoms with Crippen LogP contribution in [0.2, 0.25) is 0 Å². The van der Waals surface area contributed by atoms with Crippen LogP contribution in [0.25, 0.3) is 0 Å². The van der Waals surface area contributed by atoms with Crippen LogP contribution in [0.4, 0.5) is 17.1 Å². The molecule has 4 aromatic carbocycles. The van der Waals surface area contributed by atoms with Gasteiger partial charge in [0.05, 0.1) is 11.1 Å². The summed E-state index contributed by atoms with van der Waals surface area (Å²) in [5.41, 5.74) is 2.31. The van der Waals surface area contributed by atoms with E-state index in [2.05, 4.69) is 16.0 Å². The second-order valence-corrected chi connectivity index (χ2v) is 7.22. The quantitative estimate of drug-likeness (QED) is 0.377. The van der Waals surface area contributed by atoms with E-state index < -0.39 is 11.8 Å². The molecular formula is C27H21N3O3. The van der Waals surface area contributed by atoms with Gasteiger partial charge in [0.1, 0.15) is 0 Å². The van der Waals surface area contributed by atoms with Crippen LogP contribution in [0.15, 0.2) is 109 Å². The summed E-state index contributed by atoms with van der Waals surface area (Å²) in [4.78, 5) is 38.9. The second kappa shape index (κ2) is 10.1. The Labute approximate surface area is 191 Å². The Balaban J connectivity index is 1.65. The van der Waals surface area contributed by atoms with Crippen molar-refractivity contribution in [1.82, 2.24) is 0 Å². The van der Waals surface area contributed by atoms with Gasteiger partial charge in [0.15, 0.2) is 0 Å². The summed E-state index contributed by atoms with van der Waals surface area (Å²) in [5.74, 6) is -1.33. The van der Waals surface area contributed by atoms with Gasteiger partial charge < -0.3 is 16.0 Å². The van der Waals surface area contributed by atoms with Gasteiger partial charge >= 0.3 is 0 Å². The molecule has 6 heteroatoms. The van der Waals surface area contributed by atoms with E-state index in [1.807, 2.05) is 30.3 Å². The van der Waals surface area contributed by atoms with Crippen LogP contribution in [0, 0.1) is 0 Å². The molecule has 162 valence electrons. The van der Waals surface area contributed by atoms with E-state index in [9.17, 15) is 14.4 Å². The second-order valence-electron chi connectivity index (χ2n) is 7.22. The molecule has 0 spiro atoms. The molecule has 0 unspecified atom stereocenters. The van der Waals surface area contributed by atoms with Gasteiger partial charge in [0.25, 0.3) is 17.7 Å². The molecule has 33 heavy (non-hydrogen) atoms. The zero-order chi connectivity index (χ0) is 23.0. The molecule has 3 N–H and O–H groups in total. The van der Waals surface area contributed by atoms with Crippen molar-refractivity contribution < 1.29 is 14.4 Å². The SMILES string of the molecule is O=C(Nc1ccccc1)c1ccc(C(=O)Nc2ccccc2)c(C(=O)Nc2ccccc2)c1. The molecular weight excluding hydrogens is 414 g/mol. The molecule has 6 nitrogen and oxygen atoms in total. The van der Waals surface area contributed by atoms with Crippen LogP contribution >= 0.6 is 0 Å². The molecule has 0 radical (unpaired) electrons. The van der Waals surface area contributed by atoms with Crippen LogP contribution in [0.1, 0.15) is 31.1 Å². The molecule has 0 atom stereocenters. The fourth-order valence-corrected chi connectivity index (χ4v) is 3.24. The summed E-state index contributed by atoms with van der Waals surface area (Å²) in [6.07, 6.45) is 0. The van der Waals surface area contributed by atoms with Crippen molar-refractivity contribution >= 4 is 34.8 Å². The lowest BCUT2D eigenvalue weighted by Gasteiger charge is -2.13. The summed E-state index contributed by atoms with van der Waals surface area (Å²) >= 11 is 0. The number of para-hydroxylation sites is 3. The predicted octanol–water partition coefficient (Wildman–Crippen LogP) is 5.44. The lowest BCUT2D eigenvalue weighted by atomic mass is 10.0. The van der Waals surface area contributed by atoms with Gasteiger partial charge in [-0.3, -0.25) is 14.4 Å². The van der Waals surface area contributed by atoms with Crippen molar-refractivity contribution in [3.05, 3.63) is 126 Å². The first-order valence-corrected chi connectivity index (χ1v) is 10.3. The standard InChI is InChI=1S/C27H21N3O3/c31-25(28-20-10-4-1-5-11-20)19-16-17-23(26(32)29-21-12-6-2-7-13-21)24(18-19)27(33)30-22-14-8-3-9-15-22/h1-18H,(H,28,31)(H,29,32)(H,30,33). The van der Waals surface area contributed by atoms with Gasteiger partial charge in [0.2, 0.25) is 0 Å². The first kappa shape index (κ1) is 21.5. The van der Waals surface area contributed by atoms with Crippen LogP contribution in [-0.2, 0) is 0 Å². The van der Waals surface area contributed by atoms with E-state index in [4.69, 9.17) is 0 Å². The molecule has 0 saturated carbocycles.